The lowest BCUT2D eigenvalue weighted by Gasteiger charge is -2.14. The highest BCUT2D eigenvalue weighted by atomic mass is 79.9. The summed E-state index contributed by atoms with van der Waals surface area (Å²) in [5.74, 6) is 0.800. The summed E-state index contributed by atoms with van der Waals surface area (Å²) in [5.41, 5.74) is 0.849. The van der Waals surface area contributed by atoms with E-state index in [2.05, 4.69) is 22.9 Å². The summed E-state index contributed by atoms with van der Waals surface area (Å²) in [6.07, 6.45) is 8.46. The maximum absolute atomic E-state index is 9.75. The number of hydrogen-bond acceptors (Lipinski definition) is 2. The van der Waals surface area contributed by atoms with Crippen molar-refractivity contribution < 1.29 is 9.84 Å². The molecule has 114 valence electrons. The van der Waals surface area contributed by atoms with Crippen molar-refractivity contribution in [2.45, 2.75) is 64.9 Å². The zero-order valence-corrected chi connectivity index (χ0v) is 14.3. The van der Waals surface area contributed by atoms with E-state index in [0.717, 1.165) is 28.8 Å². The van der Waals surface area contributed by atoms with Gasteiger partial charge in [0.2, 0.25) is 0 Å². The van der Waals surface area contributed by atoms with Crippen LogP contribution in [0.2, 0.25) is 0 Å². The second-order valence-corrected chi connectivity index (χ2v) is 6.24. The zero-order valence-electron chi connectivity index (χ0n) is 12.7. The minimum atomic E-state index is -0.503. The van der Waals surface area contributed by atoms with Crippen LogP contribution in [0.3, 0.4) is 0 Å². The minimum absolute atomic E-state index is 0.503. The van der Waals surface area contributed by atoms with Gasteiger partial charge >= 0.3 is 0 Å². The monoisotopic (exact) mass is 342 g/mol. The van der Waals surface area contributed by atoms with Crippen molar-refractivity contribution in [2.24, 2.45) is 0 Å². The molecule has 20 heavy (non-hydrogen) atoms. The van der Waals surface area contributed by atoms with Crippen LogP contribution in [0.5, 0.6) is 5.75 Å². The maximum Gasteiger partial charge on any atom is 0.125 e. The molecular weight excluding hydrogens is 316 g/mol. The summed E-state index contributed by atoms with van der Waals surface area (Å²) >= 11 is 3.42. The van der Waals surface area contributed by atoms with E-state index >= 15 is 0 Å². The third-order valence-electron chi connectivity index (χ3n) is 3.43. The molecule has 1 atom stereocenters. The second kappa shape index (κ2) is 10.2. The van der Waals surface area contributed by atoms with Gasteiger partial charge in [-0.15, -0.1) is 0 Å². The number of aliphatic hydroxyl groups excluding tert-OH is 1. The second-order valence-electron chi connectivity index (χ2n) is 5.33. The largest absolute Gasteiger partial charge is 0.493 e. The molecule has 0 bridgehead atoms. The molecule has 0 aromatic heterocycles. The molecule has 3 heteroatoms. The summed E-state index contributed by atoms with van der Waals surface area (Å²) in [6, 6.07) is 5.80. The predicted molar refractivity (Wildman–Crippen MR) is 88.3 cm³/mol. The zero-order chi connectivity index (χ0) is 14.8. The number of benzene rings is 1. The van der Waals surface area contributed by atoms with Gasteiger partial charge in [0.25, 0.3) is 0 Å². The first kappa shape index (κ1) is 17.5. The van der Waals surface area contributed by atoms with E-state index in [1.54, 1.807) is 6.92 Å². The Morgan fingerprint density at radius 3 is 2.40 bits per heavy atom. The first-order chi connectivity index (χ1) is 9.65. The van der Waals surface area contributed by atoms with Crippen LogP contribution in [0.15, 0.2) is 22.7 Å². The van der Waals surface area contributed by atoms with Gasteiger partial charge in [-0.3, -0.25) is 0 Å². The summed E-state index contributed by atoms with van der Waals surface area (Å²) in [6.45, 7) is 4.74. The van der Waals surface area contributed by atoms with E-state index in [0.29, 0.717) is 0 Å². The summed E-state index contributed by atoms with van der Waals surface area (Å²) in [4.78, 5) is 0. The van der Waals surface area contributed by atoms with Crippen molar-refractivity contribution in [2.75, 3.05) is 6.61 Å². The molecule has 0 spiro atoms. The van der Waals surface area contributed by atoms with Crippen molar-refractivity contribution in [3.8, 4) is 5.75 Å². The number of rotatable bonds is 10. The van der Waals surface area contributed by atoms with Gasteiger partial charge in [-0.1, -0.05) is 61.4 Å². The lowest BCUT2D eigenvalue weighted by molar-refractivity contribution is 0.190. The van der Waals surface area contributed by atoms with Gasteiger partial charge in [-0.2, -0.15) is 0 Å². The first-order valence-electron chi connectivity index (χ1n) is 7.75. The van der Waals surface area contributed by atoms with E-state index in [1.165, 1.54) is 38.5 Å². The van der Waals surface area contributed by atoms with Crippen LogP contribution in [0.25, 0.3) is 0 Å². The van der Waals surface area contributed by atoms with Gasteiger partial charge in [0.05, 0.1) is 12.7 Å². The quantitative estimate of drug-likeness (QED) is 0.558. The number of unbranched alkanes of at least 4 members (excludes halogenated alkanes) is 6. The van der Waals surface area contributed by atoms with Crippen molar-refractivity contribution in [1.29, 1.82) is 0 Å². The molecule has 1 rings (SSSR count). The van der Waals surface area contributed by atoms with Crippen LogP contribution in [-0.2, 0) is 0 Å². The van der Waals surface area contributed by atoms with Gasteiger partial charge in [-0.05, 0) is 31.5 Å². The Kier molecular flexibility index (Phi) is 8.95. The molecule has 0 aliphatic rings. The van der Waals surface area contributed by atoms with Crippen molar-refractivity contribution in [1.82, 2.24) is 0 Å². The summed E-state index contributed by atoms with van der Waals surface area (Å²) < 4.78 is 6.77. The summed E-state index contributed by atoms with van der Waals surface area (Å²) in [7, 11) is 0. The molecule has 0 saturated heterocycles. The normalized spacial score (nSPS) is 12.4. The fourth-order valence-electron chi connectivity index (χ4n) is 2.22. The SMILES string of the molecule is CCCCCCCCCOc1ccc(Br)cc1[C@H](C)O. The van der Waals surface area contributed by atoms with E-state index in [9.17, 15) is 5.11 Å². The Hall–Kier alpha value is -0.540. The Bertz CT molecular complexity index is 377. The molecule has 0 radical (unpaired) electrons. The van der Waals surface area contributed by atoms with Gasteiger partial charge in [0.15, 0.2) is 0 Å². The molecule has 1 N–H and O–H groups in total. The van der Waals surface area contributed by atoms with E-state index in [4.69, 9.17) is 4.74 Å². The van der Waals surface area contributed by atoms with E-state index in [1.807, 2.05) is 18.2 Å². The molecule has 0 heterocycles. The average Bonchev–Trinajstić information content (AvgIpc) is 2.43. The third-order valence-corrected chi connectivity index (χ3v) is 3.92. The highest BCUT2D eigenvalue weighted by Gasteiger charge is 2.09. The Labute approximate surface area is 131 Å². The number of hydrogen-bond donors (Lipinski definition) is 1. The third kappa shape index (κ3) is 6.76. The smallest absolute Gasteiger partial charge is 0.125 e. The fourth-order valence-corrected chi connectivity index (χ4v) is 2.60. The Balaban J connectivity index is 2.25. The van der Waals surface area contributed by atoms with Gasteiger partial charge in [0.1, 0.15) is 5.75 Å². The molecule has 0 unspecified atom stereocenters. The lowest BCUT2D eigenvalue weighted by Crippen LogP contribution is -2.02. The number of aliphatic hydroxyl groups is 1. The fraction of sp³-hybridized carbons (Fsp3) is 0.647. The molecule has 0 fully saturated rings. The van der Waals surface area contributed by atoms with Crippen LogP contribution in [0.1, 0.15) is 70.5 Å². The molecular formula is C17H27BrO2. The average molecular weight is 343 g/mol. The van der Waals surface area contributed by atoms with Crippen LogP contribution >= 0.6 is 15.9 Å². The van der Waals surface area contributed by atoms with Crippen LogP contribution in [-0.4, -0.2) is 11.7 Å². The first-order valence-corrected chi connectivity index (χ1v) is 8.54. The van der Waals surface area contributed by atoms with Crippen molar-refractivity contribution in [3.63, 3.8) is 0 Å². The number of ether oxygens (including phenoxy) is 1. The molecule has 2 nitrogen and oxygen atoms in total. The van der Waals surface area contributed by atoms with Crippen LogP contribution in [0.4, 0.5) is 0 Å². The van der Waals surface area contributed by atoms with Gasteiger partial charge < -0.3 is 9.84 Å². The van der Waals surface area contributed by atoms with E-state index < -0.39 is 6.10 Å². The highest BCUT2D eigenvalue weighted by Crippen LogP contribution is 2.28. The predicted octanol–water partition coefficient (Wildman–Crippen LogP) is 5.63. The Morgan fingerprint density at radius 2 is 1.75 bits per heavy atom. The molecule has 1 aromatic rings. The molecule has 0 saturated carbocycles. The van der Waals surface area contributed by atoms with Gasteiger partial charge in [-0.25, -0.2) is 0 Å². The molecule has 0 aliphatic carbocycles. The topological polar surface area (TPSA) is 29.5 Å². The molecule has 0 aliphatic heterocycles. The van der Waals surface area contributed by atoms with Gasteiger partial charge in [0, 0.05) is 10.0 Å². The highest BCUT2D eigenvalue weighted by molar-refractivity contribution is 9.10. The van der Waals surface area contributed by atoms with E-state index in [-0.39, 0.29) is 0 Å². The Morgan fingerprint density at radius 1 is 1.10 bits per heavy atom. The summed E-state index contributed by atoms with van der Waals surface area (Å²) in [5, 5.41) is 9.75. The number of halogens is 1. The van der Waals surface area contributed by atoms with Crippen molar-refractivity contribution in [3.05, 3.63) is 28.2 Å². The maximum atomic E-state index is 9.75. The molecule has 1 aromatic carbocycles. The molecule has 0 amide bonds. The van der Waals surface area contributed by atoms with Crippen LogP contribution in [0, 0.1) is 0 Å². The minimum Gasteiger partial charge on any atom is -0.493 e. The van der Waals surface area contributed by atoms with Crippen LogP contribution < -0.4 is 4.74 Å². The van der Waals surface area contributed by atoms with Crippen molar-refractivity contribution >= 4 is 15.9 Å². The lowest BCUT2D eigenvalue weighted by atomic mass is 10.1. The standard InChI is InChI=1S/C17H27BrO2/c1-3-4-5-6-7-8-9-12-20-17-11-10-15(18)13-16(17)14(2)19/h10-11,13-14,19H,3-9,12H2,1-2H3/t14-/m0/s1.